The predicted molar refractivity (Wildman–Crippen MR) is 98.2 cm³/mol. The van der Waals surface area contributed by atoms with E-state index >= 15 is 0 Å². The number of hydrogen-bond donors (Lipinski definition) is 0. The van der Waals surface area contributed by atoms with E-state index in [1.807, 2.05) is 48.9 Å². The molecule has 0 radical (unpaired) electrons. The second-order valence-electron chi connectivity index (χ2n) is 5.48. The minimum atomic E-state index is 0. The largest absolute Gasteiger partial charge is 0.229 e. The SMILES string of the molecule is Cc1ccc(N=C(c2ccccc2)n2nc(C)cc2C)cc1.Cl. The van der Waals surface area contributed by atoms with Crippen LogP contribution in [0.4, 0.5) is 5.69 Å². The molecule has 3 rings (SSSR count). The third kappa shape index (κ3) is 3.88. The number of benzene rings is 2. The summed E-state index contributed by atoms with van der Waals surface area (Å²) in [7, 11) is 0. The van der Waals surface area contributed by atoms with Crippen LogP contribution in [-0.4, -0.2) is 15.6 Å². The molecule has 0 aliphatic carbocycles. The number of nitrogens with zero attached hydrogens (tertiary/aromatic N) is 3. The molecule has 0 bridgehead atoms. The zero-order chi connectivity index (χ0) is 15.5. The lowest BCUT2D eigenvalue weighted by Gasteiger charge is -2.09. The van der Waals surface area contributed by atoms with Crippen LogP contribution < -0.4 is 0 Å². The summed E-state index contributed by atoms with van der Waals surface area (Å²) in [5.74, 6) is 0.843. The lowest BCUT2D eigenvalue weighted by Crippen LogP contribution is -2.16. The first-order valence-electron chi connectivity index (χ1n) is 7.38. The molecule has 118 valence electrons. The fourth-order valence-corrected chi connectivity index (χ4v) is 2.41. The van der Waals surface area contributed by atoms with Gasteiger partial charge < -0.3 is 0 Å². The van der Waals surface area contributed by atoms with Gasteiger partial charge in [0, 0.05) is 11.3 Å². The molecule has 1 heterocycles. The number of rotatable bonds is 2. The molecule has 0 saturated heterocycles. The van der Waals surface area contributed by atoms with Crippen molar-refractivity contribution in [3.05, 3.63) is 83.2 Å². The fourth-order valence-electron chi connectivity index (χ4n) is 2.41. The van der Waals surface area contributed by atoms with Gasteiger partial charge in [0.25, 0.3) is 0 Å². The van der Waals surface area contributed by atoms with Crippen LogP contribution in [0.25, 0.3) is 0 Å². The summed E-state index contributed by atoms with van der Waals surface area (Å²) in [5, 5.41) is 4.59. The monoisotopic (exact) mass is 325 g/mol. The van der Waals surface area contributed by atoms with E-state index in [4.69, 9.17) is 4.99 Å². The normalized spacial score (nSPS) is 11.2. The molecule has 0 aliphatic rings. The van der Waals surface area contributed by atoms with E-state index in [0.717, 1.165) is 28.5 Å². The molecule has 3 nitrogen and oxygen atoms in total. The molecular formula is C19H20ClN3. The molecule has 4 heteroatoms. The molecule has 0 aliphatic heterocycles. The fraction of sp³-hybridized carbons (Fsp3) is 0.158. The Labute approximate surface area is 143 Å². The third-order valence-electron chi connectivity index (χ3n) is 3.51. The van der Waals surface area contributed by atoms with Crippen LogP contribution in [0.2, 0.25) is 0 Å². The second-order valence-corrected chi connectivity index (χ2v) is 5.48. The maximum Gasteiger partial charge on any atom is 0.161 e. The van der Waals surface area contributed by atoms with E-state index in [1.165, 1.54) is 5.56 Å². The summed E-state index contributed by atoms with van der Waals surface area (Å²) in [6, 6.07) is 20.4. The lowest BCUT2D eigenvalue weighted by molar-refractivity contribution is 0.880. The average Bonchev–Trinajstić information content (AvgIpc) is 2.86. The maximum atomic E-state index is 4.83. The van der Waals surface area contributed by atoms with Crippen molar-refractivity contribution < 1.29 is 0 Å². The summed E-state index contributed by atoms with van der Waals surface area (Å²) in [6.07, 6.45) is 0. The van der Waals surface area contributed by atoms with E-state index < -0.39 is 0 Å². The molecule has 0 fully saturated rings. The smallest absolute Gasteiger partial charge is 0.161 e. The Morgan fingerprint density at radius 2 is 1.57 bits per heavy atom. The molecule has 0 N–H and O–H groups in total. The highest BCUT2D eigenvalue weighted by molar-refractivity contribution is 6.01. The van der Waals surface area contributed by atoms with Gasteiger partial charge in [0.2, 0.25) is 0 Å². The summed E-state index contributed by atoms with van der Waals surface area (Å²) in [5.41, 5.74) is 5.27. The van der Waals surface area contributed by atoms with Crippen molar-refractivity contribution in [2.75, 3.05) is 0 Å². The van der Waals surface area contributed by atoms with E-state index in [0.29, 0.717) is 0 Å². The molecule has 3 aromatic rings. The van der Waals surface area contributed by atoms with Gasteiger partial charge in [0.15, 0.2) is 5.84 Å². The van der Waals surface area contributed by atoms with E-state index in [-0.39, 0.29) is 12.4 Å². The molecule has 0 atom stereocenters. The molecule has 0 amide bonds. The van der Waals surface area contributed by atoms with Crippen molar-refractivity contribution in [3.63, 3.8) is 0 Å². The van der Waals surface area contributed by atoms with Crippen LogP contribution in [0.5, 0.6) is 0 Å². The summed E-state index contributed by atoms with van der Waals surface area (Å²) in [6.45, 7) is 6.12. The van der Waals surface area contributed by atoms with Gasteiger partial charge in [-0.1, -0.05) is 48.0 Å². The van der Waals surface area contributed by atoms with Gasteiger partial charge in [-0.25, -0.2) is 9.67 Å². The standard InChI is InChI=1S/C19H19N3.ClH/c1-14-9-11-18(12-10-14)20-19(17-7-5-4-6-8-17)22-16(3)13-15(2)21-22;/h4-13H,1-3H3;1H. The van der Waals surface area contributed by atoms with Crippen molar-refractivity contribution in [1.29, 1.82) is 0 Å². The van der Waals surface area contributed by atoms with E-state index in [2.05, 4.69) is 42.4 Å². The Kier molecular flexibility index (Phi) is 5.35. The van der Waals surface area contributed by atoms with E-state index in [9.17, 15) is 0 Å². The molecule has 1 aromatic heterocycles. The highest BCUT2D eigenvalue weighted by atomic mass is 35.5. The van der Waals surface area contributed by atoms with Crippen molar-refractivity contribution in [1.82, 2.24) is 9.78 Å². The van der Waals surface area contributed by atoms with Gasteiger partial charge in [-0.3, -0.25) is 0 Å². The summed E-state index contributed by atoms with van der Waals surface area (Å²) < 4.78 is 1.91. The Balaban J connectivity index is 0.00000192. The number of hydrogen-bond acceptors (Lipinski definition) is 2. The Morgan fingerprint density at radius 3 is 2.13 bits per heavy atom. The zero-order valence-electron chi connectivity index (χ0n) is 13.5. The first-order chi connectivity index (χ1) is 10.6. The van der Waals surface area contributed by atoms with E-state index in [1.54, 1.807) is 0 Å². The van der Waals surface area contributed by atoms with Crippen LogP contribution in [0.3, 0.4) is 0 Å². The van der Waals surface area contributed by atoms with Crippen LogP contribution in [0.1, 0.15) is 22.5 Å². The summed E-state index contributed by atoms with van der Waals surface area (Å²) in [4.78, 5) is 4.83. The molecular weight excluding hydrogens is 306 g/mol. The van der Waals surface area contributed by atoms with Crippen molar-refractivity contribution in [3.8, 4) is 0 Å². The quantitative estimate of drug-likeness (QED) is 0.489. The molecule has 0 unspecified atom stereocenters. The van der Waals surface area contributed by atoms with Crippen molar-refractivity contribution in [2.24, 2.45) is 4.99 Å². The number of aryl methyl sites for hydroxylation is 3. The van der Waals surface area contributed by atoms with Crippen LogP contribution in [0.15, 0.2) is 65.7 Å². The Bertz CT molecular complexity index is 802. The summed E-state index contributed by atoms with van der Waals surface area (Å²) >= 11 is 0. The van der Waals surface area contributed by atoms with Gasteiger partial charge in [-0.15, -0.1) is 12.4 Å². The minimum absolute atomic E-state index is 0. The van der Waals surface area contributed by atoms with Gasteiger partial charge in [0.1, 0.15) is 0 Å². The molecule has 0 spiro atoms. The van der Waals surface area contributed by atoms with Gasteiger partial charge in [-0.2, -0.15) is 5.10 Å². The van der Waals surface area contributed by atoms with Gasteiger partial charge in [0.05, 0.1) is 11.4 Å². The molecule has 2 aromatic carbocycles. The first-order valence-corrected chi connectivity index (χ1v) is 7.38. The zero-order valence-corrected chi connectivity index (χ0v) is 14.3. The number of aliphatic imine (C=N–C) groups is 1. The molecule has 0 saturated carbocycles. The average molecular weight is 326 g/mol. The predicted octanol–water partition coefficient (Wildman–Crippen LogP) is 4.86. The maximum absolute atomic E-state index is 4.83. The molecule has 23 heavy (non-hydrogen) atoms. The minimum Gasteiger partial charge on any atom is -0.229 e. The third-order valence-corrected chi connectivity index (χ3v) is 3.51. The van der Waals surface area contributed by atoms with Crippen molar-refractivity contribution >= 4 is 23.9 Å². The Hall–Kier alpha value is -2.39. The van der Waals surface area contributed by atoms with Crippen LogP contribution in [0, 0.1) is 20.8 Å². The van der Waals surface area contributed by atoms with Gasteiger partial charge >= 0.3 is 0 Å². The highest BCUT2D eigenvalue weighted by Gasteiger charge is 2.11. The van der Waals surface area contributed by atoms with Crippen LogP contribution in [-0.2, 0) is 0 Å². The lowest BCUT2D eigenvalue weighted by atomic mass is 10.2. The van der Waals surface area contributed by atoms with Crippen molar-refractivity contribution in [2.45, 2.75) is 20.8 Å². The Morgan fingerprint density at radius 1 is 0.913 bits per heavy atom. The highest BCUT2D eigenvalue weighted by Crippen LogP contribution is 2.17. The second kappa shape index (κ2) is 7.25. The first kappa shape index (κ1) is 17.0. The number of halogens is 1. The van der Waals surface area contributed by atoms with Gasteiger partial charge in [-0.05, 0) is 39.0 Å². The van der Waals surface area contributed by atoms with Crippen LogP contribution >= 0.6 is 12.4 Å². The number of aromatic nitrogens is 2. The topological polar surface area (TPSA) is 30.2 Å².